The van der Waals surface area contributed by atoms with Gasteiger partial charge >= 0.3 is 0 Å². The number of halogens is 2. The van der Waals surface area contributed by atoms with E-state index in [1.54, 1.807) is 39.6 Å². The topological polar surface area (TPSA) is 207 Å². The first-order chi connectivity index (χ1) is 44.2. The van der Waals surface area contributed by atoms with E-state index in [2.05, 4.69) is 72.2 Å². The van der Waals surface area contributed by atoms with Gasteiger partial charge in [0.2, 0.25) is 5.88 Å². The summed E-state index contributed by atoms with van der Waals surface area (Å²) in [5.41, 5.74) is 7.28. The summed E-state index contributed by atoms with van der Waals surface area (Å²) in [7, 11) is 0.139. The normalized spacial score (nSPS) is 31.8. The number of hydrogen-bond acceptors (Lipinski definition) is 13. The zero-order valence-corrected chi connectivity index (χ0v) is 56.8. The van der Waals surface area contributed by atoms with Crippen LogP contribution < -0.4 is 29.1 Å². The molecule has 4 aromatic carbocycles. The molecule has 4 aliphatic carbocycles. The minimum atomic E-state index is -3.34. The first-order valence-corrected chi connectivity index (χ1v) is 37.0. The Hall–Kier alpha value is -6.06. The first-order valence-electron chi connectivity index (χ1n) is 32.6. The quantitative estimate of drug-likeness (QED) is 0.124. The molecule has 2 spiro atoms. The zero-order valence-electron chi connectivity index (χ0n) is 53.7. The number of methoxy groups -OCH3 is 3. The van der Waals surface area contributed by atoms with Crippen LogP contribution in [0.1, 0.15) is 131 Å². The predicted octanol–water partition coefficient (Wildman–Crippen LogP) is 12.6. The van der Waals surface area contributed by atoms with Gasteiger partial charge in [-0.1, -0.05) is 73.5 Å². The van der Waals surface area contributed by atoms with Gasteiger partial charge in [0.05, 0.1) is 59.4 Å². The van der Waals surface area contributed by atoms with E-state index in [1.807, 2.05) is 50.2 Å². The molecule has 2 fully saturated rings. The molecule has 5 heterocycles. The van der Waals surface area contributed by atoms with Gasteiger partial charge in [-0.15, -0.1) is 9.46 Å². The maximum Gasteiger partial charge on any atom is 0.286 e. The number of carbonyl (C=O) groups excluding carboxylic acids is 3. The molecular weight excluding hydrogens is 1250 g/mol. The van der Waals surface area contributed by atoms with Crippen LogP contribution in [0.2, 0.25) is 10.0 Å². The van der Waals surface area contributed by atoms with Gasteiger partial charge in [-0.3, -0.25) is 19.1 Å². The van der Waals surface area contributed by atoms with Crippen LogP contribution in [-0.2, 0) is 59.8 Å². The standard InChI is InChI=1S/C39H47ClN4O6S.C32H40ClN3O4S/c1-25-7-5-9-35(48-3)30-13-10-28(30)19-44-23-39(16-6-8-26-17-29(40)12-14-32(26)39)24-50-36-15-11-27(18-33(36)44)37(46)42-51(47,21-25)22-34(45)31-20-43(2)41-38(31)49-4;1-21-5-3-7-29(39-2)26-11-8-24(26)17-36-19-32(14-4-6-22-15-25(33)10-12-27(22)32)20-40-30-13-9-23(16-28(30)36)31(37)35-41(34,38)18-21/h5,9,11-12,14-15,17-18,20,25,28,30,35H,6-8,10,13,16,19,21-24H2,1-4H3;3,7,9-10,12-13,15-16,21,24,26,29H,4-6,8,11,14,17-20H2,1-2H3,(H2,34,35,37,38)/b9-5+;7-3+/t25-,28-,30+,35-,39-,51-;21-,24-,26+,29-,32-,41?/m00/s1. The second kappa shape index (κ2) is 27.3. The molecule has 12 atom stereocenters. The highest BCUT2D eigenvalue weighted by molar-refractivity contribution is 7.94. The van der Waals surface area contributed by atoms with Crippen molar-refractivity contribution in [1.29, 1.82) is 0 Å². The number of ether oxygens (including phenoxy) is 5. The molecule has 4 aliphatic heterocycles. The minimum absolute atomic E-state index is 0.0166. The lowest BCUT2D eigenvalue weighted by molar-refractivity contribution is 0.0131. The van der Waals surface area contributed by atoms with Crippen molar-refractivity contribution in [2.24, 2.45) is 56.4 Å². The Morgan fingerprint density at radius 3 is 1.66 bits per heavy atom. The molecule has 92 heavy (non-hydrogen) atoms. The predicted molar refractivity (Wildman–Crippen MR) is 363 cm³/mol. The molecule has 492 valence electrons. The van der Waals surface area contributed by atoms with Gasteiger partial charge in [0.25, 0.3) is 11.8 Å². The Morgan fingerprint density at radius 2 is 1.18 bits per heavy atom. The highest BCUT2D eigenvalue weighted by atomic mass is 35.5. The molecule has 2 N–H and O–H groups in total. The van der Waals surface area contributed by atoms with Crippen LogP contribution in [0.15, 0.2) is 112 Å². The average molecular weight is 1330 g/mol. The van der Waals surface area contributed by atoms with Crippen LogP contribution >= 0.6 is 23.2 Å². The van der Waals surface area contributed by atoms with Crippen LogP contribution in [0.5, 0.6) is 17.4 Å². The van der Waals surface area contributed by atoms with Crippen molar-refractivity contribution in [3.05, 3.63) is 152 Å². The summed E-state index contributed by atoms with van der Waals surface area (Å²) < 4.78 is 68.3. The summed E-state index contributed by atoms with van der Waals surface area (Å²) in [6.07, 6.45) is 21.8. The number of carbonyl (C=O) groups is 3. The number of fused-ring (bicyclic) bond motifs is 8. The van der Waals surface area contributed by atoms with E-state index in [-0.39, 0.29) is 57.8 Å². The lowest BCUT2D eigenvalue weighted by Gasteiger charge is -2.46. The minimum Gasteiger partial charge on any atom is -0.490 e. The van der Waals surface area contributed by atoms with E-state index < -0.39 is 43.0 Å². The van der Waals surface area contributed by atoms with Crippen molar-refractivity contribution in [3.63, 3.8) is 0 Å². The van der Waals surface area contributed by atoms with Gasteiger partial charge in [-0.05, 0) is 195 Å². The van der Waals surface area contributed by atoms with E-state index in [4.69, 9.17) is 52.0 Å². The van der Waals surface area contributed by atoms with Crippen molar-refractivity contribution in [3.8, 4) is 17.4 Å². The second-order valence-corrected chi connectivity index (χ2v) is 32.5. The molecule has 1 unspecified atom stereocenters. The van der Waals surface area contributed by atoms with Crippen molar-refractivity contribution in [2.75, 3.05) is 87.8 Å². The number of benzene rings is 4. The van der Waals surface area contributed by atoms with Crippen LogP contribution in [0, 0.1) is 35.5 Å². The van der Waals surface area contributed by atoms with Gasteiger partial charge in [0.15, 0.2) is 5.78 Å². The largest absolute Gasteiger partial charge is 0.490 e. The highest BCUT2D eigenvalue weighted by Crippen LogP contribution is 2.50. The molecule has 0 saturated heterocycles. The number of rotatable bonds is 6. The van der Waals surface area contributed by atoms with E-state index in [1.165, 1.54) is 34.0 Å². The molecule has 8 aliphatic rings. The van der Waals surface area contributed by atoms with Crippen LogP contribution in [0.3, 0.4) is 0 Å². The van der Waals surface area contributed by atoms with E-state index >= 15 is 0 Å². The van der Waals surface area contributed by atoms with Gasteiger partial charge in [-0.2, -0.15) is 4.36 Å². The lowest BCUT2D eigenvalue weighted by Crippen LogP contribution is -2.49. The Balaban J connectivity index is 0.000000182. The number of Topliss-reactive ketones (excluding diaryl/α,β-unsaturated/α-hetero) is 1. The third kappa shape index (κ3) is 14.0. The highest BCUT2D eigenvalue weighted by Gasteiger charge is 2.47. The van der Waals surface area contributed by atoms with Gasteiger partial charge in [0, 0.05) is 97.2 Å². The number of allylic oxidation sites excluding steroid dienone is 2. The summed E-state index contributed by atoms with van der Waals surface area (Å²) in [6, 6.07) is 23.3. The maximum atomic E-state index is 14.7. The van der Waals surface area contributed by atoms with E-state index in [0.717, 1.165) is 118 Å². The number of ketones is 1. The molecule has 2 saturated carbocycles. The molecule has 21 heteroatoms. The Bertz CT molecular complexity index is 3970. The second-order valence-electron chi connectivity index (χ2n) is 27.4. The van der Waals surface area contributed by atoms with E-state index in [0.29, 0.717) is 66.6 Å². The Morgan fingerprint density at radius 1 is 0.685 bits per heavy atom. The number of anilines is 2. The molecule has 0 radical (unpaired) electrons. The zero-order chi connectivity index (χ0) is 64.7. The molecule has 5 aromatic rings. The lowest BCUT2D eigenvalue weighted by atomic mass is 9.68. The first kappa shape index (κ1) is 66.0. The third-order valence-electron chi connectivity index (χ3n) is 20.7. The SMILES string of the molecule is CO[C@H]1/C=C/C[C@H](C)CS(N)(=O)=NC(=O)c2ccc3c(c2)N(C[C@@H]2CC[C@H]21)C[C@@]1(CCCc2cc(Cl)ccc21)CO3.COc1nn(C)cc1C(=O)C[S@]1(=O)=NC(=O)c2ccc3c(c2)N(C[C@@H]2CC[C@H]2[C@@H](OC)/C=C/C[C@H](C)C1)C[C@@]1(CCCc2cc(Cl)ccc21)CO3. The molecule has 4 bridgehead atoms. The van der Waals surface area contributed by atoms with Crippen molar-refractivity contribution in [1.82, 2.24) is 9.78 Å². The van der Waals surface area contributed by atoms with E-state index in [9.17, 15) is 22.8 Å². The van der Waals surface area contributed by atoms with Crippen LogP contribution in [-0.4, -0.2) is 126 Å². The fourth-order valence-corrected chi connectivity index (χ4v) is 20.0. The Labute approximate surface area is 552 Å². The fraction of sp³-hybridized carbons (Fsp3) is 0.521. The smallest absolute Gasteiger partial charge is 0.286 e. The summed E-state index contributed by atoms with van der Waals surface area (Å²) in [4.78, 5) is 45.7. The number of aryl methyl sites for hydroxylation is 3. The number of hydrogen-bond donors (Lipinski definition) is 1. The number of nitrogens with two attached hydrogens (primary N) is 1. The Kier molecular flexibility index (Phi) is 19.6. The molecule has 2 amide bonds. The number of aromatic nitrogens is 2. The molecule has 13 rings (SSSR count). The van der Waals surface area contributed by atoms with Crippen molar-refractivity contribution < 1.29 is 46.5 Å². The molecule has 1 aromatic heterocycles. The fourth-order valence-electron chi connectivity index (χ4n) is 15.9. The summed E-state index contributed by atoms with van der Waals surface area (Å²) in [6.45, 7) is 8.11. The van der Waals surface area contributed by atoms with Gasteiger partial charge in [-0.25, -0.2) is 13.6 Å². The molecule has 17 nitrogen and oxygen atoms in total. The summed E-state index contributed by atoms with van der Waals surface area (Å²) >= 11 is 12.9. The van der Waals surface area contributed by atoms with Crippen molar-refractivity contribution in [2.45, 2.75) is 114 Å². The summed E-state index contributed by atoms with van der Waals surface area (Å²) in [5.74, 6) is 1.29. The third-order valence-corrected chi connectivity index (χ3v) is 25.0. The van der Waals surface area contributed by atoms with Gasteiger partial charge < -0.3 is 33.5 Å². The molecular formula is C71H87Cl2N7O10S2. The van der Waals surface area contributed by atoms with Gasteiger partial charge in [0.1, 0.15) is 27.0 Å². The number of nitrogens with zero attached hydrogens (tertiary/aromatic N) is 6. The van der Waals surface area contributed by atoms with Crippen LogP contribution in [0.25, 0.3) is 0 Å². The van der Waals surface area contributed by atoms with Crippen LogP contribution in [0.4, 0.5) is 11.4 Å². The van der Waals surface area contributed by atoms with Crippen molar-refractivity contribution >= 4 is 71.8 Å². The monoisotopic (exact) mass is 1330 g/mol. The summed E-state index contributed by atoms with van der Waals surface area (Å²) in [5, 5.41) is 11.8. The maximum absolute atomic E-state index is 14.7. The number of amides is 2. The average Bonchev–Trinajstić information content (AvgIpc) is 1.47.